The fraction of sp³-hybridized carbons (Fsp3) is 0.409. The standard InChI is InChI=1S/C22H21BrClF4N5O/c1-11-19(12(2)33(30-11)10-14-5-6-15(25)9-16(14)24)29-17(34)7-8-32-20(13-3-4-13)18(23)21(31-32)22(26,27)28/h5-6,9,13H,3-4,7-8,10H2,1-2H3,(H,29,34). The second-order valence-electron chi connectivity index (χ2n) is 8.28. The molecule has 1 aliphatic carbocycles. The van der Waals surface area contributed by atoms with Crippen molar-refractivity contribution in [3.8, 4) is 0 Å². The number of aromatic nitrogens is 4. The lowest BCUT2D eigenvalue weighted by atomic mass is 10.2. The smallest absolute Gasteiger partial charge is 0.323 e. The first-order valence-electron chi connectivity index (χ1n) is 10.6. The van der Waals surface area contributed by atoms with Gasteiger partial charge in [-0.25, -0.2) is 4.39 Å². The lowest BCUT2D eigenvalue weighted by Gasteiger charge is -2.10. The fourth-order valence-corrected chi connectivity index (χ4v) is 4.86. The summed E-state index contributed by atoms with van der Waals surface area (Å²) in [5.41, 5.74) is 1.95. The number of carbonyl (C=O) groups is 1. The van der Waals surface area contributed by atoms with Gasteiger partial charge in [0.25, 0.3) is 0 Å². The average Bonchev–Trinajstić information content (AvgIpc) is 3.47. The molecular formula is C22H21BrClF4N5O. The van der Waals surface area contributed by atoms with Crippen molar-refractivity contribution in [2.75, 3.05) is 5.32 Å². The first-order valence-corrected chi connectivity index (χ1v) is 11.7. The Balaban J connectivity index is 1.46. The van der Waals surface area contributed by atoms with Crippen molar-refractivity contribution in [3.63, 3.8) is 0 Å². The third-order valence-electron chi connectivity index (χ3n) is 5.70. The van der Waals surface area contributed by atoms with Crippen LogP contribution in [0, 0.1) is 19.7 Å². The third-order valence-corrected chi connectivity index (χ3v) is 6.83. The number of benzene rings is 1. The van der Waals surface area contributed by atoms with Crippen LogP contribution in [0.2, 0.25) is 5.02 Å². The Labute approximate surface area is 206 Å². The maximum absolute atomic E-state index is 13.3. The molecule has 34 heavy (non-hydrogen) atoms. The lowest BCUT2D eigenvalue weighted by Crippen LogP contribution is -2.17. The molecule has 1 aromatic carbocycles. The highest BCUT2D eigenvalue weighted by Crippen LogP contribution is 2.47. The van der Waals surface area contributed by atoms with Crippen molar-refractivity contribution in [1.29, 1.82) is 0 Å². The predicted octanol–water partition coefficient (Wildman–Crippen LogP) is 6.22. The lowest BCUT2D eigenvalue weighted by molar-refractivity contribution is -0.142. The number of aryl methyl sites for hydroxylation is 2. The number of alkyl halides is 3. The normalized spacial score (nSPS) is 14.0. The Bertz CT molecular complexity index is 1250. The Kier molecular flexibility index (Phi) is 6.78. The van der Waals surface area contributed by atoms with Crippen LogP contribution in [-0.4, -0.2) is 25.5 Å². The van der Waals surface area contributed by atoms with E-state index >= 15 is 0 Å². The number of carbonyl (C=O) groups excluding carboxylic acids is 1. The third kappa shape index (κ3) is 5.14. The second-order valence-corrected chi connectivity index (χ2v) is 9.48. The summed E-state index contributed by atoms with van der Waals surface area (Å²) in [5.74, 6) is -0.791. The molecule has 0 aliphatic heterocycles. The van der Waals surface area contributed by atoms with Crippen molar-refractivity contribution < 1.29 is 22.4 Å². The van der Waals surface area contributed by atoms with Gasteiger partial charge in [0.05, 0.1) is 40.3 Å². The summed E-state index contributed by atoms with van der Waals surface area (Å²) in [7, 11) is 0. The number of amides is 1. The van der Waals surface area contributed by atoms with Crippen LogP contribution >= 0.6 is 27.5 Å². The number of nitrogens with zero attached hydrogens (tertiary/aromatic N) is 4. The maximum Gasteiger partial charge on any atom is 0.436 e. The van der Waals surface area contributed by atoms with Gasteiger partial charge >= 0.3 is 6.18 Å². The molecule has 2 aromatic heterocycles. The molecule has 2 heterocycles. The molecule has 1 fully saturated rings. The topological polar surface area (TPSA) is 64.7 Å². The molecule has 0 spiro atoms. The first kappa shape index (κ1) is 24.7. The molecule has 0 bridgehead atoms. The van der Waals surface area contributed by atoms with Gasteiger partial charge in [-0.1, -0.05) is 17.7 Å². The van der Waals surface area contributed by atoms with Gasteiger partial charge in [-0.2, -0.15) is 23.4 Å². The molecule has 1 amide bonds. The number of halogens is 6. The van der Waals surface area contributed by atoms with E-state index in [4.69, 9.17) is 11.6 Å². The van der Waals surface area contributed by atoms with Crippen molar-refractivity contribution in [3.05, 3.63) is 61.9 Å². The predicted molar refractivity (Wildman–Crippen MR) is 122 cm³/mol. The van der Waals surface area contributed by atoms with Crippen LogP contribution in [0.1, 0.15) is 53.5 Å². The number of nitrogens with one attached hydrogen (secondary N) is 1. The zero-order valence-corrected chi connectivity index (χ0v) is 20.7. The average molecular weight is 563 g/mol. The molecule has 0 atom stereocenters. The fourth-order valence-electron chi connectivity index (χ4n) is 3.80. The zero-order valence-electron chi connectivity index (χ0n) is 18.3. The van der Waals surface area contributed by atoms with E-state index in [0.29, 0.717) is 28.3 Å². The number of rotatable bonds is 7. The molecule has 4 rings (SSSR count). The van der Waals surface area contributed by atoms with E-state index in [1.807, 2.05) is 0 Å². The van der Waals surface area contributed by atoms with Gasteiger partial charge in [-0.05, 0) is 60.3 Å². The highest BCUT2D eigenvalue weighted by molar-refractivity contribution is 9.10. The molecule has 3 aromatic rings. The summed E-state index contributed by atoms with van der Waals surface area (Å²) in [4.78, 5) is 12.6. The molecule has 182 valence electrons. The van der Waals surface area contributed by atoms with Gasteiger partial charge in [0, 0.05) is 17.4 Å². The molecule has 1 saturated carbocycles. The summed E-state index contributed by atoms with van der Waals surface area (Å²) in [5, 5.41) is 11.2. The van der Waals surface area contributed by atoms with E-state index in [1.165, 1.54) is 16.8 Å². The number of hydrogen-bond donors (Lipinski definition) is 1. The van der Waals surface area contributed by atoms with Crippen LogP contribution in [0.5, 0.6) is 0 Å². The summed E-state index contributed by atoms with van der Waals surface area (Å²) in [6, 6.07) is 4.10. The SMILES string of the molecule is Cc1nn(Cc2ccc(F)cc2Cl)c(C)c1NC(=O)CCn1nc(C(F)(F)F)c(Br)c1C1CC1. The highest BCUT2D eigenvalue weighted by atomic mass is 79.9. The van der Waals surface area contributed by atoms with Crippen LogP contribution in [0.25, 0.3) is 0 Å². The number of hydrogen-bond acceptors (Lipinski definition) is 3. The maximum atomic E-state index is 13.3. The molecule has 0 saturated heterocycles. The van der Waals surface area contributed by atoms with Gasteiger partial charge in [0.2, 0.25) is 5.91 Å². The molecule has 1 N–H and O–H groups in total. The van der Waals surface area contributed by atoms with Crippen molar-refractivity contribution in [2.24, 2.45) is 0 Å². The van der Waals surface area contributed by atoms with Gasteiger partial charge in [-0.3, -0.25) is 14.2 Å². The van der Waals surface area contributed by atoms with Crippen LogP contribution < -0.4 is 5.32 Å². The van der Waals surface area contributed by atoms with E-state index in [9.17, 15) is 22.4 Å². The Morgan fingerprint density at radius 3 is 2.56 bits per heavy atom. The van der Waals surface area contributed by atoms with E-state index in [2.05, 4.69) is 31.4 Å². The Morgan fingerprint density at radius 2 is 1.94 bits per heavy atom. The first-order chi connectivity index (χ1) is 16.0. The number of anilines is 1. The summed E-state index contributed by atoms with van der Waals surface area (Å²) >= 11 is 9.16. The van der Waals surface area contributed by atoms with E-state index < -0.39 is 17.7 Å². The van der Waals surface area contributed by atoms with Crippen molar-refractivity contribution in [2.45, 2.75) is 58.3 Å². The Morgan fingerprint density at radius 1 is 1.24 bits per heavy atom. The molecule has 0 unspecified atom stereocenters. The van der Waals surface area contributed by atoms with Crippen LogP contribution in [0.3, 0.4) is 0 Å². The summed E-state index contributed by atoms with van der Waals surface area (Å²) < 4.78 is 56.0. The van der Waals surface area contributed by atoms with Crippen LogP contribution in [0.15, 0.2) is 22.7 Å². The van der Waals surface area contributed by atoms with Gasteiger partial charge in [0.1, 0.15) is 5.82 Å². The molecule has 6 nitrogen and oxygen atoms in total. The van der Waals surface area contributed by atoms with Crippen LogP contribution in [-0.2, 0) is 24.1 Å². The van der Waals surface area contributed by atoms with E-state index in [0.717, 1.165) is 12.8 Å². The second kappa shape index (κ2) is 9.33. The molecule has 0 radical (unpaired) electrons. The van der Waals surface area contributed by atoms with Gasteiger partial charge in [-0.15, -0.1) is 0 Å². The van der Waals surface area contributed by atoms with Crippen molar-refractivity contribution >= 4 is 39.1 Å². The van der Waals surface area contributed by atoms with Crippen LogP contribution in [0.4, 0.5) is 23.2 Å². The molecule has 1 aliphatic rings. The molecule has 12 heteroatoms. The van der Waals surface area contributed by atoms with E-state index in [1.54, 1.807) is 24.6 Å². The summed E-state index contributed by atoms with van der Waals surface area (Å²) in [6.07, 6.45) is -3.04. The minimum absolute atomic E-state index is 0.0158. The van der Waals surface area contributed by atoms with E-state index in [-0.39, 0.29) is 40.8 Å². The quantitative estimate of drug-likeness (QED) is 0.348. The largest absolute Gasteiger partial charge is 0.436 e. The minimum atomic E-state index is -4.58. The summed E-state index contributed by atoms with van der Waals surface area (Å²) in [6.45, 7) is 3.81. The zero-order chi connectivity index (χ0) is 24.8. The van der Waals surface area contributed by atoms with Gasteiger partial charge in [0.15, 0.2) is 5.69 Å². The van der Waals surface area contributed by atoms with Crippen molar-refractivity contribution in [1.82, 2.24) is 19.6 Å². The minimum Gasteiger partial charge on any atom is -0.323 e. The highest BCUT2D eigenvalue weighted by Gasteiger charge is 2.41. The Hall–Kier alpha value is -2.40. The monoisotopic (exact) mass is 561 g/mol. The molecular weight excluding hydrogens is 542 g/mol. The van der Waals surface area contributed by atoms with Gasteiger partial charge < -0.3 is 5.32 Å².